The monoisotopic (exact) mass is 331 g/mol. The number of carbonyl (C=O) groups is 1. The van der Waals surface area contributed by atoms with E-state index < -0.39 is 5.97 Å². The van der Waals surface area contributed by atoms with Crippen LogP contribution in [0.15, 0.2) is 28.7 Å². The molecule has 1 aromatic carbocycles. The molecule has 1 atom stereocenters. The summed E-state index contributed by atoms with van der Waals surface area (Å²) in [6.45, 7) is 7.51. The number of hydrogen-bond acceptors (Lipinski definition) is 5. The van der Waals surface area contributed by atoms with Gasteiger partial charge in [0, 0.05) is 18.0 Å². The molecule has 1 saturated heterocycles. The highest BCUT2D eigenvalue weighted by Crippen LogP contribution is 2.28. The van der Waals surface area contributed by atoms with Crippen molar-refractivity contribution in [3.63, 3.8) is 0 Å². The lowest BCUT2D eigenvalue weighted by Crippen LogP contribution is -2.44. The first-order valence-corrected chi connectivity index (χ1v) is 8.74. The molecule has 0 bridgehead atoms. The van der Waals surface area contributed by atoms with Crippen LogP contribution < -0.4 is 4.84 Å². The SMILES string of the molecule is CCOC(=O)c1cc2cc(ON3CCCCC3C(C)C)ccc2o1. The second-order valence-corrected chi connectivity index (χ2v) is 6.57. The lowest BCUT2D eigenvalue weighted by atomic mass is 9.95. The fourth-order valence-corrected chi connectivity index (χ4v) is 3.23. The lowest BCUT2D eigenvalue weighted by molar-refractivity contribution is -0.125. The third kappa shape index (κ3) is 3.56. The maximum atomic E-state index is 11.8. The molecule has 1 unspecified atom stereocenters. The predicted octanol–water partition coefficient (Wildman–Crippen LogP) is 4.41. The zero-order chi connectivity index (χ0) is 17.1. The summed E-state index contributed by atoms with van der Waals surface area (Å²) in [6.07, 6.45) is 3.58. The second kappa shape index (κ2) is 7.26. The van der Waals surface area contributed by atoms with Crippen molar-refractivity contribution in [3.8, 4) is 5.75 Å². The summed E-state index contributed by atoms with van der Waals surface area (Å²) >= 11 is 0. The summed E-state index contributed by atoms with van der Waals surface area (Å²) < 4.78 is 10.5. The fourth-order valence-electron chi connectivity index (χ4n) is 3.23. The van der Waals surface area contributed by atoms with Gasteiger partial charge in [0.05, 0.1) is 6.61 Å². The van der Waals surface area contributed by atoms with Gasteiger partial charge in [0.25, 0.3) is 0 Å². The average Bonchev–Trinajstić information content (AvgIpc) is 2.99. The molecule has 2 aromatic rings. The van der Waals surface area contributed by atoms with Crippen molar-refractivity contribution in [2.45, 2.75) is 46.1 Å². The number of piperidine rings is 1. The van der Waals surface area contributed by atoms with Crippen molar-refractivity contribution in [1.82, 2.24) is 5.06 Å². The van der Waals surface area contributed by atoms with Gasteiger partial charge in [-0.1, -0.05) is 20.3 Å². The van der Waals surface area contributed by atoms with Gasteiger partial charge in [-0.25, -0.2) is 4.79 Å². The van der Waals surface area contributed by atoms with Crippen molar-refractivity contribution in [1.29, 1.82) is 0 Å². The molecule has 3 rings (SSSR count). The Balaban J connectivity index is 1.78. The summed E-state index contributed by atoms with van der Waals surface area (Å²) in [5.74, 6) is 1.11. The number of benzene rings is 1. The molecule has 0 saturated carbocycles. The van der Waals surface area contributed by atoms with Crippen molar-refractivity contribution in [2.24, 2.45) is 5.92 Å². The number of fused-ring (bicyclic) bond motifs is 1. The van der Waals surface area contributed by atoms with Crippen molar-refractivity contribution in [3.05, 3.63) is 30.0 Å². The standard InChI is InChI=1S/C19H25NO4/c1-4-22-19(21)18-12-14-11-15(8-9-17(14)23-18)24-20-10-6-5-7-16(20)13(2)3/h8-9,11-13,16H,4-7,10H2,1-3H3. The van der Waals surface area contributed by atoms with E-state index in [2.05, 4.69) is 18.9 Å². The first kappa shape index (κ1) is 16.8. The Labute approximate surface area is 142 Å². The molecule has 0 N–H and O–H groups in total. The topological polar surface area (TPSA) is 51.9 Å². The smallest absolute Gasteiger partial charge is 0.374 e. The Bertz CT molecular complexity index is 706. The van der Waals surface area contributed by atoms with E-state index in [0.29, 0.717) is 24.1 Å². The number of furan rings is 1. The Morgan fingerprint density at radius 1 is 1.33 bits per heavy atom. The van der Waals surface area contributed by atoms with E-state index >= 15 is 0 Å². The van der Waals surface area contributed by atoms with Gasteiger partial charge >= 0.3 is 5.97 Å². The van der Waals surface area contributed by atoms with E-state index in [1.807, 2.05) is 18.2 Å². The normalized spacial score (nSPS) is 18.9. The van der Waals surface area contributed by atoms with Gasteiger partial charge in [-0.05, 0) is 49.9 Å². The number of carbonyl (C=O) groups excluding carboxylic acids is 1. The number of nitrogens with zero attached hydrogens (tertiary/aromatic N) is 1. The van der Waals surface area contributed by atoms with E-state index in [-0.39, 0.29) is 5.76 Å². The van der Waals surface area contributed by atoms with Crippen LogP contribution in [0, 0.1) is 5.92 Å². The van der Waals surface area contributed by atoms with Gasteiger partial charge in [0.1, 0.15) is 11.3 Å². The summed E-state index contributed by atoms with van der Waals surface area (Å²) in [5.41, 5.74) is 0.657. The third-order valence-corrected chi connectivity index (χ3v) is 4.45. The Kier molecular flexibility index (Phi) is 5.09. The first-order chi connectivity index (χ1) is 11.6. The summed E-state index contributed by atoms with van der Waals surface area (Å²) in [5, 5.41) is 2.94. The predicted molar refractivity (Wildman–Crippen MR) is 92.0 cm³/mol. The van der Waals surface area contributed by atoms with Gasteiger partial charge in [-0.2, -0.15) is 0 Å². The molecule has 0 spiro atoms. The molecule has 1 aliphatic heterocycles. The van der Waals surface area contributed by atoms with Crippen LogP contribution in [0.1, 0.15) is 50.6 Å². The molecule has 130 valence electrons. The molecule has 1 aromatic heterocycles. The average molecular weight is 331 g/mol. The molecule has 1 fully saturated rings. The Morgan fingerprint density at radius 2 is 2.17 bits per heavy atom. The van der Waals surface area contributed by atoms with Gasteiger partial charge in [0.2, 0.25) is 5.76 Å². The Morgan fingerprint density at radius 3 is 2.92 bits per heavy atom. The lowest BCUT2D eigenvalue weighted by Gasteiger charge is -2.36. The minimum absolute atomic E-state index is 0.224. The zero-order valence-electron chi connectivity index (χ0n) is 14.6. The molecule has 5 heteroatoms. The molecular weight excluding hydrogens is 306 g/mol. The van der Waals surface area contributed by atoms with E-state index in [4.69, 9.17) is 14.0 Å². The maximum absolute atomic E-state index is 11.8. The number of hydrogen-bond donors (Lipinski definition) is 0. The number of esters is 1. The van der Waals surface area contributed by atoms with Crippen LogP contribution in [0.2, 0.25) is 0 Å². The van der Waals surface area contributed by atoms with Crippen molar-refractivity contribution < 1.29 is 18.8 Å². The van der Waals surface area contributed by atoms with Crippen LogP contribution in [0.3, 0.4) is 0 Å². The molecule has 2 heterocycles. The highest BCUT2D eigenvalue weighted by atomic mass is 16.7. The molecule has 0 amide bonds. The van der Waals surface area contributed by atoms with Crippen LogP contribution in [-0.2, 0) is 4.74 Å². The minimum Gasteiger partial charge on any atom is -0.460 e. The molecule has 0 aliphatic carbocycles. The number of ether oxygens (including phenoxy) is 1. The van der Waals surface area contributed by atoms with Crippen LogP contribution >= 0.6 is 0 Å². The highest BCUT2D eigenvalue weighted by molar-refractivity contribution is 5.92. The number of hydroxylamine groups is 2. The third-order valence-electron chi connectivity index (χ3n) is 4.45. The van der Waals surface area contributed by atoms with E-state index in [0.717, 1.165) is 24.1 Å². The van der Waals surface area contributed by atoms with E-state index in [1.54, 1.807) is 13.0 Å². The summed E-state index contributed by atoms with van der Waals surface area (Å²) in [4.78, 5) is 17.9. The molecule has 5 nitrogen and oxygen atoms in total. The van der Waals surface area contributed by atoms with E-state index in [9.17, 15) is 4.79 Å². The first-order valence-electron chi connectivity index (χ1n) is 8.74. The minimum atomic E-state index is -0.438. The van der Waals surface area contributed by atoms with Gasteiger partial charge in [-0.15, -0.1) is 5.06 Å². The van der Waals surface area contributed by atoms with Gasteiger partial charge < -0.3 is 14.0 Å². The van der Waals surface area contributed by atoms with Crippen molar-refractivity contribution in [2.75, 3.05) is 13.2 Å². The quantitative estimate of drug-likeness (QED) is 0.759. The van der Waals surface area contributed by atoms with Crippen LogP contribution in [0.4, 0.5) is 0 Å². The van der Waals surface area contributed by atoms with Crippen LogP contribution in [0.5, 0.6) is 5.75 Å². The van der Waals surface area contributed by atoms with E-state index in [1.165, 1.54) is 12.8 Å². The summed E-state index contributed by atoms with van der Waals surface area (Å²) in [7, 11) is 0. The highest BCUT2D eigenvalue weighted by Gasteiger charge is 2.27. The fraction of sp³-hybridized carbons (Fsp3) is 0.526. The second-order valence-electron chi connectivity index (χ2n) is 6.57. The Hall–Kier alpha value is -2.01. The van der Waals surface area contributed by atoms with Crippen LogP contribution in [-0.4, -0.2) is 30.2 Å². The van der Waals surface area contributed by atoms with Gasteiger partial charge in [0.15, 0.2) is 0 Å². The number of rotatable bonds is 5. The largest absolute Gasteiger partial charge is 0.460 e. The zero-order valence-corrected chi connectivity index (χ0v) is 14.6. The molecule has 24 heavy (non-hydrogen) atoms. The van der Waals surface area contributed by atoms with Crippen LogP contribution in [0.25, 0.3) is 11.0 Å². The molecular formula is C19H25NO4. The summed E-state index contributed by atoms with van der Waals surface area (Å²) in [6, 6.07) is 7.77. The van der Waals surface area contributed by atoms with Gasteiger partial charge in [-0.3, -0.25) is 0 Å². The maximum Gasteiger partial charge on any atom is 0.374 e. The molecule has 1 aliphatic rings. The molecule has 0 radical (unpaired) electrons. The van der Waals surface area contributed by atoms with Crippen molar-refractivity contribution >= 4 is 16.9 Å².